The van der Waals surface area contributed by atoms with E-state index in [1.54, 1.807) is 0 Å². The van der Waals surface area contributed by atoms with Gasteiger partial charge >= 0.3 is 11.6 Å². The number of hydrogen-bond donors (Lipinski definition) is 1. The van der Waals surface area contributed by atoms with Gasteiger partial charge in [0.05, 0.1) is 10.5 Å². The third-order valence-corrected chi connectivity index (χ3v) is 5.40. The zero-order valence-electron chi connectivity index (χ0n) is 18.0. The molecule has 0 saturated carbocycles. The van der Waals surface area contributed by atoms with E-state index >= 15 is 0 Å². The highest BCUT2D eigenvalue weighted by Crippen LogP contribution is 2.26. The van der Waals surface area contributed by atoms with E-state index < -0.39 is 28.1 Å². The Morgan fingerprint density at radius 3 is 2.54 bits per heavy atom. The molecular weight excluding hydrogens is 476 g/mol. The van der Waals surface area contributed by atoms with Crippen molar-refractivity contribution in [1.29, 1.82) is 0 Å². The van der Waals surface area contributed by atoms with E-state index in [2.05, 4.69) is 5.32 Å². The Morgan fingerprint density at radius 1 is 1.03 bits per heavy atom. The molecular formula is C25H17ClN2O7. The number of nitrogens with one attached hydrogen (secondary N) is 1. The molecule has 4 rings (SSSR count). The Bertz CT molecular complexity index is 1500. The Hall–Kier alpha value is -4.50. The number of benzene rings is 3. The normalized spacial score (nSPS) is 10.7. The van der Waals surface area contributed by atoms with Crippen LogP contribution in [0.2, 0.25) is 5.02 Å². The maximum absolute atomic E-state index is 12.5. The van der Waals surface area contributed by atoms with Crippen molar-refractivity contribution in [2.75, 3.05) is 6.54 Å². The Labute approximate surface area is 203 Å². The van der Waals surface area contributed by atoms with Crippen molar-refractivity contribution in [1.82, 2.24) is 5.32 Å². The Balaban J connectivity index is 1.48. The molecule has 0 radical (unpaired) electrons. The van der Waals surface area contributed by atoms with Crippen molar-refractivity contribution < 1.29 is 23.7 Å². The molecule has 9 nitrogen and oxygen atoms in total. The van der Waals surface area contributed by atoms with Gasteiger partial charge in [-0.25, -0.2) is 9.59 Å². The number of ether oxygens (including phenoxy) is 1. The van der Waals surface area contributed by atoms with E-state index in [1.807, 2.05) is 30.3 Å². The maximum Gasteiger partial charge on any atom is 0.349 e. The summed E-state index contributed by atoms with van der Waals surface area (Å²) in [6, 6.07) is 18.8. The molecule has 0 saturated heterocycles. The molecule has 1 aromatic heterocycles. The second kappa shape index (κ2) is 10.2. The molecule has 1 heterocycles. The number of fused-ring (bicyclic) bond motifs is 1. The zero-order valence-corrected chi connectivity index (χ0v) is 18.8. The van der Waals surface area contributed by atoms with Gasteiger partial charge in [-0.3, -0.25) is 14.9 Å². The first-order valence-electron chi connectivity index (χ1n) is 10.4. The first-order valence-corrected chi connectivity index (χ1v) is 10.8. The van der Waals surface area contributed by atoms with Gasteiger partial charge in [-0.15, -0.1) is 0 Å². The van der Waals surface area contributed by atoms with Crippen molar-refractivity contribution in [2.45, 2.75) is 6.42 Å². The third-order valence-electron chi connectivity index (χ3n) is 5.08. The van der Waals surface area contributed by atoms with Crippen molar-refractivity contribution in [3.8, 4) is 5.75 Å². The summed E-state index contributed by atoms with van der Waals surface area (Å²) in [5.74, 6) is -1.37. The number of nitro benzene ring substituents is 1. The zero-order chi connectivity index (χ0) is 24.9. The fourth-order valence-electron chi connectivity index (χ4n) is 3.32. The fourth-order valence-corrected chi connectivity index (χ4v) is 3.51. The number of halogens is 1. The first-order chi connectivity index (χ1) is 16.8. The number of carbonyl (C=O) groups excluding carboxylic acids is 2. The van der Waals surface area contributed by atoms with Crippen LogP contribution in [0, 0.1) is 10.1 Å². The molecule has 0 aliphatic carbocycles. The second-order valence-electron chi connectivity index (χ2n) is 7.45. The number of amides is 1. The number of hydrogen-bond acceptors (Lipinski definition) is 7. The molecule has 1 amide bonds. The monoisotopic (exact) mass is 492 g/mol. The van der Waals surface area contributed by atoms with E-state index in [0.717, 1.165) is 11.6 Å². The SMILES string of the molecule is O=C(Oc1ccc2cc(C(=O)NCCc3ccccc3)c(=O)oc2c1)c1ccc(Cl)c([N+](=O)[O-])c1. The van der Waals surface area contributed by atoms with Gasteiger partial charge in [0.1, 0.15) is 21.9 Å². The molecule has 0 fully saturated rings. The lowest BCUT2D eigenvalue weighted by atomic mass is 10.1. The van der Waals surface area contributed by atoms with Gasteiger partial charge in [0.15, 0.2) is 0 Å². The summed E-state index contributed by atoms with van der Waals surface area (Å²) in [6.07, 6.45) is 0.608. The minimum Gasteiger partial charge on any atom is -0.423 e. The van der Waals surface area contributed by atoms with Crippen molar-refractivity contribution in [3.05, 3.63) is 115 Å². The largest absolute Gasteiger partial charge is 0.423 e. The van der Waals surface area contributed by atoms with Crippen molar-refractivity contribution in [2.24, 2.45) is 0 Å². The van der Waals surface area contributed by atoms with E-state index in [0.29, 0.717) is 18.4 Å². The van der Waals surface area contributed by atoms with Gasteiger partial charge in [0.25, 0.3) is 11.6 Å². The average Bonchev–Trinajstić information content (AvgIpc) is 2.84. The smallest absolute Gasteiger partial charge is 0.349 e. The minimum absolute atomic E-state index is 0.0447. The number of nitrogens with zero attached hydrogens (tertiary/aromatic N) is 1. The highest BCUT2D eigenvalue weighted by Gasteiger charge is 2.19. The number of nitro groups is 1. The Kier molecular flexibility index (Phi) is 6.88. The van der Waals surface area contributed by atoms with Gasteiger partial charge in [-0.2, -0.15) is 0 Å². The lowest BCUT2D eigenvalue weighted by molar-refractivity contribution is -0.384. The molecule has 0 atom stereocenters. The number of esters is 1. The number of rotatable bonds is 7. The van der Waals surface area contributed by atoms with E-state index in [1.165, 1.54) is 36.4 Å². The van der Waals surface area contributed by atoms with Crippen LogP contribution in [-0.2, 0) is 6.42 Å². The van der Waals surface area contributed by atoms with Crippen LogP contribution in [0.4, 0.5) is 5.69 Å². The quantitative estimate of drug-likeness (QED) is 0.132. The van der Waals surface area contributed by atoms with Crippen LogP contribution in [0.1, 0.15) is 26.3 Å². The summed E-state index contributed by atoms with van der Waals surface area (Å²) in [4.78, 5) is 47.6. The van der Waals surface area contributed by atoms with Gasteiger partial charge in [0, 0.05) is 24.1 Å². The molecule has 0 aliphatic heterocycles. The fraction of sp³-hybridized carbons (Fsp3) is 0.0800. The van der Waals surface area contributed by atoms with Crippen LogP contribution in [0.15, 0.2) is 82.0 Å². The molecule has 0 aliphatic rings. The predicted molar refractivity (Wildman–Crippen MR) is 128 cm³/mol. The first kappa shape index (κ1) is 23.7. The molecule has 10 heteroatoms. The molecule has 176 valence electrons. The molecule has 4 aromatic rings. The lowest BCUT2D eigenvalue weighted by Gasteiger charge is -2.07. The molecule has 3 aromatic carbocycles. The van der Waals surface area contributed by atoms with Crippen LogP contribution in [0.3, 0.4) is 0 Å². The summed E-state index contributed by atoms with van der Waals surface area (Å²) >= 11 is 5.76. The van der Waals surface area contributed by atoms with Crippen molar-refractivity contribution >= 4 is 40.1 Å². The summed E-state index contributed by atoms with van der Waals surface area (Å²) < 4.78 is 10.5. The second-order valence-corrected chi connectivity index (χ2v) is 7.86. The van der Waals surface area contributed by atoms with Crippen LogP contribution in [-0.4, -0.2) is 23.3 Å². The molecule has 0 bridgehead atoms. The number of carbonyl (C=O) groups is 2. The van der Waals surface area contributed by atoms with E-state index in [-0.39, 0.29) is 27.5 Å². The van der Waals surface area contributed by atoms with Crippen LogP contribution < -0.4 is 15.7 Å². The van der Waals surface area contributed by atoms with Gasteiger partial charge in [0.2, 0.25) is 0 Å². The Morgan fingerprint density at radius 2 is 1.80 bits per heavy atom. The topological polar surface area (TPSA) is 129 Å². The summed E-state index contributed by atoms with van der Waals surface area (Å²) in [6.45, 7) is 0.345. The van der Waals surface area contributed by atoms with Crippen LogP contribution >= 0.6 is 11.6 Å². The van der Waals surface area contributed by atoms with Gasteiger partial charge < -0.3 is 14.5 Å². The van der Waals surface area contributed by atoms with E-state index in [4.69, 9.17) is 20.8 Å². The van der Waals surface area contributed by atoms with Gasteiger partial charge in [-0.05, 0) is 42.3 Å². The van der Waals surface area contributed by atoms with Crippen LogP contribution in [0.25, 0.3) is 11.0 Å². The summed E-state index contributed by atoms with van der Waals surface area (Å²) in [5.41, 5.74) is -0.350. The predicted octanol–water partition coefficient (Wildman–Crippen LogP) is 4.55. The lowest BCUT2D eigenvalue weighted by Crippen LogP contribution is -2.29. The highest BCUT2D eigenvalue weighted by atomic mass is 35.5. The average molecular weight is 493 g/mol. The molecule has 0 spiro atoms. The maximum atomic E-state index is 12.5. The van der Waals surface area contributed by atoms with Gasteiger partial charge in [-0.1, -0.05) is 41.9 Å². The summed E-state index contributed by atoms with van der Waals surface area (Å²) in [7, 11) is 0. The molecule has 35 heavy (non-hydrogen) atoms. The molecule has 1 N–H and O–H groups in total. The summed E-state index contributed by atoms with van der Waals surface area (Å²) in [5, 5.41) is 14.1. The minimum atomic E-state index is -0.860. The molecule has 0 unspecified atom stereocenters. The van der Waals surface area contributed by atoms with Crippen molar-refractivity contribution in [3.63, 3.8) is 0 Å². The van der Waals surface area contributed by atoms with Crippen LogP contribution in [0.5, 0.6) is 5.75 Å². The highest BCUT2D eigenvalue weighted by molar-refractivity contribution is 6.32. The third kappa shape index (κ3) is 5.53. The standard InChI is InChI=1S/C25H17ClN2O7/c26-20-9-7-17(13-21(20)28(32)33)24(30)34-18-8-6-16-12-19(25(31)35-22(16)14-18)23(29)27-11-10-15-4-2-1-3-5-15/h1-9,12-14H,10-11H2,(H,27,29). The van der Waals surface area contributed by atoms with E-state index in [9.17, 15) is 24.5 Å².